The molecule has 0 fully saturated rings. The summed E-state index contributed by atoms with van der Waals surface area (Å²) in [7, 11) is 0. The normalized spacial score (nSPS) is 11.4. The lowest BCUT2D eigenvalue weighted by molar-refractivity contribution is -0.152. The number of carboxylic acid groups (broad SMARTS) is 2. The van der Waals surface area contributed by atoms with E-state index in [4.69, 9.17) is 26.6 Å². The summed E-state index contributed by atoms with van der Waals surface area (Å²) in [5, 5.41) is 20.2. The molecule has 0 heterocycles. The van der Waals surface area contributed by atoms with Crippen LogP contribution in [-0.2, 0) is 27.4 Å². The van der Waals surface area contributed by atoms with Crippen molar-refractivity contribution in [2.75, 3.05) is 0 Å². The van der Waals surface area contributed by atoms with Gasteiger partial charge >= 0.3 is 17.8 Å². The van der Waals surface area contributed by atoms with Crippen molar-refractivity contribution < 1.29 is 29.3 Å². The first kappa shape index (κ1) is 19.3. The fraction of sp³-hybridized carbons (Fsp3) is 0.167. The molecule has 1 amide bonds. The highest BCUT2D eigenvalue weighted by Gasteiger charge is 2.23. The van der Waals surface area contributed by atoms with E-state index < -0.39 is 23.9 Å². The van der Waals surface area contributed by atoms with E-state index in [0.717, 1.165) is 5.56 Å². The van der Waals surface area contributed by atoms with Crippen molar-refractivity contribution in [3.05, 3.63) is 64.7 Å². The van der Waals surface area contributed by atoms with Gasteiger partial charge in [-0.2, -0.15) is 0 Å². The molecule has 0 saturated heterocycles. The van der Waals surface area contributed by atoms with Crippen molar-refractivity contribution in [3.8, 4) is 5.75 Å². The molecule has 0 aliphatic heterocycles. The minimum absolute atomic E-state index is 0.0527. The first-order chi connectivity index (χ1) is 12.3. The molecule has 8 heteroatoms. The van der Waals surface area contributed by atoms with E-state index in [2.05, 4.69) is 0 Å². The zero-order valence-electron chi connectivity index (χ0n) is 13.5. The van der Waals surface area contributed by atoms with Crippen LogP contribution in [-0.4, -0.2) is 34.1 Å². The maximum atomic E-state index is 11.2. The first-order valence-corrected chi connectivity index (χ1v) is 7.95. The van der Waals surface area contributed by atoms with Crippen LogP contribution < -0.4 is 10.1 Å². The average Bonchev–Trinajstić information content (AvgIpc) is 2.60. The fourth-order valence-electron chi connectivity index (χ4n) is 2.17. The van der Waals surface area contributed by atoms with Crippen molar-refractivity contribution in [1.29, 1.82) is 0 Å². The van der Waals surface area contributed by atoms with Crippen LogP contribution in [0.3, 0.4) is 0 Å². The molecule has 0 saturated carbocycles. The predicted octanol–water partition coefficient (Wildman–Crippen LogP) is 2.12. The highest BCUT2D eigenvalue weighted by atomic mass is 35.5. The van der Waals surface area contributed by atoms with Crippen LogP contribution in [0.15, 0.2) is 48.5 Å². The summed E-state index contributed by atoms with van der Waals surface area (Å²) in [6.45, 7) is 0.326. The number of aliphatic carboxylic acids is 2. The number of hydrogen-bond acceptors (Lipinski definition) is 4. The summed E-state index contributed by atoms with van der Waals surface area (Å²) in [6, 6.07) is 12.5. The third kappa shape index (κ3) is 5.78. The fourth-order valence-corrected chi connectivity index (χ4v) is 2.38. The van der Waals surface area contributed by atoms with E-state index in [1.54, 1.807) is 36.4 Å². The Labute approximate surface area is 154 Å². The number of benzene rings is 2. The average molecular weight is 378 g/mol. The lowest BCUT2D eigenvalue weighted by Gasteiger charge is -2.13. The molecule has 0 spiro atoms. The highest BCUT2D eigenvalue weighted by molar-refractivity contribution is 6.32. The van der Waals surface area contributed by atoms with E-state index in [9.17, 15) is 14.4 Å². The van der Waals surface area contributed by atoms with Gasteiger partial charge in [0.2, 0.25) is 0 Å². The number of carboxylic acids is 2. The Kier molecular flexibility index (Phi) is 6.57. The molecule has 1 unspecified atom stereocenters. The Balaban J connectivity index is 1.95. The van der Waals surface area contributed by atoms with Crippen LogP contribution in [0.2, 0.25) is 5.02 Å². The number of rotatable bonds is 7. The van der Waals surface area contributed by atoms with Crippen molar-refractivity contribution in [2.24, 2.45) is 0 Å². The van der Waals surface area contributed by atoms with Gasteiger partial charge in [-0.25, -0.2) is 9.59 Å². The van der Waals surface area contributed by atoms with E-state index in [0.29, 0.717) is 22.9 Å². The molecule has 1 atom stereocenters. The van der Waals surface area contributed by atoms with Gasteiger partial charge in [0.1, 0.15) is 18.4 Å². The van der Waals surface area contributed by atoms with E-state index in [-0.39, 0.29) is 6.42 Å². The Morgan fingerprint density at radius 2 is 1.73 bits per heavy atom. The van der Waals surface area contributed by atoms with E-state index in [1.807, 2.05) is 17.4 Å². The molecule has 2 aromatic rings. The number of halogens is 1. The van der Waals surface area contributed by atoms with Gasteiger partial charge in [0, 0.05) is 11.4 Å². The molecule has 0 aromatic heterocycles. The van der Waals surface area contributed by atoms with Gasteiger partial charge in [0.15, 0.2) is 0 Å². The molecule has 0 aliphatic rings. The molecule has 136 valence electrons. The molecular formula is C18H16ClNO6. The second-order valence-corrected chi connectivity index (χ2v) is 5.87. The molecule has 2 rings (SSSR count). The number of amides is 1. The topological polar surface area (TPSA) is 113 Å². The molecule has 26 heavy (non-hydrogen) atoms. The third-order valence-electron chi connectivity index (χ3n) is 3.46. The van der Waals surface area contributed by atoms with Crippen molar-refractivity contribution in [2.45, 2.75) is 19.1 Å². The molecule has 0 aliphatic carbocycles. The SMILES string of the molecule is O=C(O)C(=O)NC(Cc1ccc(OCc2cccc(Cl)c2)cc1)C(=O)O. The minimum Gasteiger partial charge on any atom is -0.489 e. The molecule has 7 nitrogen and oxygen atoms in total. The number of nitrogens with one attached hydrogen (secondary N) is 1. The summed E-state index contributed by atoms with van der Waals surface area (Å²) in [6.07, 6.45) is -0.0527. The molecule has 0 radical (unpaired) electrons. The number of hydrogen-bond donors (Lipinski definition) is 3. The van der Waals surface area contributed by atoms with E-state index in [1.165, 1.54) is 0 Å². The second-order valence-electron chi connectivity index (χ2n) is 5.44. The van der Waals surface area contributed by atoms with Crippen molar-refractivity contribution in [1.82, 2.24) is 5.32 Å². The molecule has 0 bridgehead atoms. The first-order valence-electron chi connectivity index (χ1n) is 7.58. The summed E-state index contributed by atoms with van der Waals surface area (Å²) in [5.41, 5.74) is 1.52. The van der Waals surface area contributed by atoms with Crippen LogP contribution in [0.4, 0.5) is 0 Å². The molecule has 3 N–H and O–H groups in total. The monoisotopic (exact) mass is 377 g/mol. The largest absolute Gasteiger partial charge is 0.489 e. The standard InChI is InChI=1S/C18H16ClNO6/c19-13-3-1-2-12(8-13)10-26-14-6-4-11(5-7-14)9-15(17(22)23)20-16(21)18(24)25/h1-8,15H,9-10H2,(H,20,21)(H,22,23)(H,24,25). The van der Waals surface area contributed by atoms with Crippen LogP contribution in [0.1, 0.15) is 11.1 Å². The predicted molar refractivity (Wildman–Crippen MR) is 93.1 cm³/mol. The van der Waals surface area contributed by atoms with Gasteiger partial charge in [-0.1, -0.05) is 35.9 Å². The van der Waals surface area contributed by atoms with Crippen LogP contribution in [0, 0.1) is 0 Å². The number of carbonyl (C=O) groups excluding carboxylic acids is 1. The Hall–Kier alpha value is -3.06. The highest BCUT2D eigenvalue weighted by Crippen LogP contribution is 2.17. The third-order valence-corrected chi connectivity index (χ3v) is 3.69. The van der Waals surface area contributed by atoms with Gasteiger partial charge in [-0.05, 0) is 35.4 Å². The molecular weight excluding hydrogens is 362 g/mol. The summed E-state index contributed by atoms with van der Waals surface area (Å²) in [4.78, 5) is 32.8. The number of ether oxygens (including phenoxy) is 1. The maximum absolute atomic E-state index is 11.2. The molecule has 2 aromatic carbocycles. The van der Waals surface area contributed by atoms with Crippen LogP contribution >= 0.6 is 11.6 Å². The summed E-state index contributed by atoms with van der Waals surface area (Å²) >= 11 is 5.91. The smallest absolute Gasteiger partial charge is 0.394 e. The quantitative estimate of drug-likeness (QED) is 0.637. The van der Waals surface area contributed by atoms with Gasteiger partial charge in [-0.3, -0.25) is 4.79 Å². The number of carbonyl (C=O) groups is 3. The Bertz CT molecular complexity index is 806. The van der Waals surface area contributed by atoms with Gasteiger partial charge < -0.3 is 20.3 Å². The van der Waals surface area contributed by atoms with Crippen molar-refractivity contribution >= 4 is 29.4 Å². The zero-order valence-corrected chi connectivity index (χ0v) is 14.3. The van der Waals surface area contributed by atoms with E-state index >= 15 is 0 Å². The lowest BCUT2D eigenvalue weighted by Crippen LogP contribution is -2.45. The Morgan fingerprint density at radius 1 is 1.04 bits per heavy atom. The summed E-state index contributed by atoms with van der Waals surface area (Å²) < 4.78 is 5.63. The second kappa shape index (κ2) is 8.87. The van der Waals surface area contributed by atoms with Gasteiger partial charge in [0.05, 0.1) is 0 Å². The Morgan fingerprint density at radius 3 is 2.31 bits per heavy atom. The zero-order chi connectivity index (χ0) is 19.1. The summed E-state index contributed by atoms with van der Waals surface area (Å²) in [5.74, 6) is -3.84. The van der Waals surface area contributed by atoms with Crippen LogP contribution in [0.25, 0.3) is 0 Å². The lowest BCUT2D eigenvalue weighted by atomic mass is 10.1. The van der Waals surface area contributed by atoms with Gasteiger partial charge in [-0.15, -0.1) is 0 Å². The van der Waals surface area contributed by atoms with Gasteiger partial charge in [0.25, 0.3) is 0 Å². The minimum atomic E-state index is -1.74. The van der Waals surface area contributed by atoms with Crippen LogP contribution in [0.5, 0.6) is 5.75 Å². The maximum Gasteiger partial charge on any atom is 0.394 e. The van der Waals surface area contributed by atoms with Crippen molar-refractivity contribution in [3.63, 3.8) is 0 Å².